The molecule has 0 bridgehead atoms. The van der Waals surface area contributed by atoms with Crippen molar-refractivity contribution in [3.63, 3.8) is 0 Å². The van der Waals surface area contributed by atoms with Crippen LogP contribution in [0.3, 0.4) is 0 Å². The van der Waals surface area contributed by atoms with Crippen LogP contribution in [0.1, 0.15) is 49.7 Å². The van der Waals surface area contributed by atoms with Crippen LogP contribution in [0.5, 0.6) is 0 Å². The summed E-state index contributed by atoms with van der Waals surface area (Å²) in [7, 11) is 0. The fourth-order valence-electron chi connectivity index (χ4n) is 3.89. The Kier molecular flexibility index (Phi) is 7.04. The molecule has 0 fully saturated rings. The highest BCUT2D eigenvalue weighted by atomic mass is 14.5. The van der Waals surface area contributed by atoms with Gasteiger partial charge in [-0.3, -0.25) is 0 Å². The molecule has 0 unspecified atom stereocenters. The Balaban J connectivity index is 1.90. The van der Waals surface area contributed by atoms with Gasteiger partial charge in [-0.15, -0.1) is 0 Å². The van der Waals surface area contributed by atoms with Gasteiger partial charge >= 0.3 is 0 Å². The molecule has 138 valence electrons. The number of hydrogen-bond donors (Lipinski definition) is 2. The number of benzene rings is 3. The fourth-order valence-corrected chi connectivity index (χ4v) is 3.89. The summed E-state index contributed by atoms with van der Waals surface area (Å²) >= 11 is 0. The molecule has 0 saturated heterocycles. The Hall–Kier alpha value is -1.90. The first-order valence-electron chi connectivity index (χ1n) is 10.2. The van der Waals surface area contributed by atoms with Crippen LogP contribution in [0.2, 0.25) is 0 Å². The Morgan fingerprint density at radius 3 is 1.50 bits per heavy atom. The first kappa shape index (κ1) is 18.9. The lowest BCUT2D eigenvalue weighted by atomic mass is 9.93. The topological polar surface area (TPSA) is 52.0 Å². The van der Waals surface area contributed by atoms with Gasteiger partial charge in [0.2, 0.25) is 0 Å². The molecular formula is C24H32N2. The summed E-state index contributed by atoms with van der Waals surface area (Å²) in [5, 5.41) is 5.55. The van der Waals surface area contributed by atoms with E-state index in [-0.39, 0.29) is 0 Å². The molecule has 26 heavy (non-hydrogen) atoms. The molecule has 0 heterocycles. The van der Waals surface area contributed by atoms with Crippen LogP contribution in [-0.2, 0) is 12.8 Å². The van der Waals surface area contributed by atoms with Crippen LogP contribution < -0.4 is 11.5 Å². The fraction of sp³-hybridized carbons (Fsp3) is 0.417. The molecule has 3 rings (SSSR count). The average molecular weight is 349 g/mol. The second-order valence-electron chi connectivity index (χ2n) is 7.33. The van der Waals surface area contributed by atoms with Crippen molar-refractivity contribution in [2.24, 2.45) is 11.5 Å². The lowest BCUT2D eigenvalue weighted by molar-refractivity contribution is 0.688. The first-order valence-corrected chi connectivity index (χ1v) is 10.2. The van der Waals surface area contributed by atoms with Crippen molar-refractivity contribution in [1.82, 2.24) is 0 Å². The highest BCUT2D eigenvalue weighted by Crippen LogP contribution is 2.29. The van der Waals surface area contributed by atoms with Crippen molar-refractivity contribution in [2.45, 2.75) is 51.4 Å². The molecule has 4 N–H and O–H groups in total. The van der Waals surface area contributed by atoms with Gasteiger partial charge in [-0.2, -0.15) is 0 Å². The maximum absolute atomic E-state index is 5.63. The van der Waals surface area contributed by atoms with E-state index in [0.717, 1.165) is 38.8 Å². The maximum Gasteiger partial charge on any atom is -0.00773 e. The number of nitrogens with two attached hydrogens (primary N) is 2. The minimum atomic E-state index is 0.799. The molecule has 0 aliphatic carbocycles. The van der Waals surface area contributed by atoms with Crippen LogP contribution >= 0.6 is 0 Å². The van der Waals surface area contributed by atoms with Gasteiger partial charge in [0, 0.05) is 0 Å². The Bertz CT molecular complexity index is 771. The summed E-state index contributed by atoms with van der Waals surface area (Å²) in [6.45, 7) is 1.60. The molecular weight excluding hydrogens is 316 g/mol. The number of fused-ring (bicyclic) bond motifs is 2. The largest absolute Gasteiger partial charge is 0.330 e. The molecule has 0 radical (unpaired) electrons. The molecule has 3 aromatic carbocycles. The maximum atomic E-state index is 5.63. The molecule has 0 aliphatic rings. The lowest BCUT2D eigenvalue weighted by Crippen LogP contribution is -1.98. The van der Waals surface area contributed by atoms with Gasteiger partial charge in [0.05, 0.1) is 0 Å². The predicted molar refractivity (Wildman–Crippen MR) is 115 cm³/mol. The van der Waals surface area contributed by atoms with Crippen LogP contribution in [-0.4, -0.2) is 13.1 Å². The molecule has 0 amide bonds. The minimum Gasteiger partial charge on any atom is -0.330 e. The van der Waals surface area contributed by atoms with E-state index in [2.05, 4.69) is 48.5 Å². The molecule has 0 saturated carbocycles. The van der Waals surface area contributed by atoms with Crippen LogP contribution in [0.25, 0.3) is 21.5 Å². The van der Waals surface area contributed by atoms with E-state index >= 15 is 0 Å². The zero-order valence-corrected chi connectivity index (χ0v) is 15.8. The van der Waals surface area contributed by atoms with Gasteiger partial charge < -0.3 is 11.5 Å². The average Bonchev–Trinajstić information content (AvgIpc) is 2.67. The van der Waals surface area contributed by atoms with Crippen molar-refractivity contribution in [1.29, 1.82) is 0 Å². The van der Waals surface area contributed by atoms with E-state index in [9.17, 15) is 0 Å². The number of rotatable bonds is 10. The van der Waals surface area contributed by atoms with E-state index in [0.29, 0.717) is 0 Å². The van der Waals surface area contributed by atoms with Gasteiger partial charge in [0.25, 0.3) is 0 Å². The third-order valence-electron chi connectivity index (χ3n) is 5.36. The molecule has 0 spiro atoms. The van der Waals surface area contributed by atoms with Crippen molar-refractivity contribution in [2.75, 3.05) is 13.1 Å². The SMILES string of the molecule is NCCCCCc1cccc2cc3cccc(CCCCCN)c3cc12. The third kappa shape index (κ3) is 4.63. The minimum absolute atomic E-state index is 0.799. The zero-order valence-electron chi connectivity index (χ0n) is 15.8. The molecule has 3 aromatic rings. The summed E-state index contributed by atoms with van der Waals surface area (Å²) in [6, 6.07) is 18.3. The van der Waals surface area contributed by atoms with Crippen LogP contribution in [0.4, 0.5) is 0 Å². The Labute approximate surface area is 157 Å². The summed E-state index contributed by atoms with van der Waals surface area (Å²) in [4.78, 5) is 0. The quantitative estimate of drug-likeness (QED) is 0.384. The van der Waals surface area contributed by atoms with Gasteiger partial charge in [-0.05, 0) is 96.4 Å². The van der Waals surface area contributed by atoms with E-state index in [4.69, 9.17) is 11.5 Å². The smallest absolute Gasteiger partial charge is 0.00773 e. The van der Waals surface area contributed by atoms with E-state index in [1.54, 1.807) is 0 Å². The van der Waals surface area contributed by atoms with Gasteiger partial charge in [-0.25, -0.2) is 0 Å². The molecule has 0 aliphatic heterocycles. The van der Waals surface area contributed by atoms with Gasteiger partial charge in [-0.1, -0.05) is 49.2 Å². The highest BCUT2D eigenvalue weighted by Gasteiger charge is 2.06. The zero-order chi connectivity index (χ0) is 18.2. The number of aryl methyl sites for hydroxylation is 2. The second kappa shape index (κ2) is 9.70. The van der Waals surface area contributed by atoms with E-state index < -0.39 is 0 Å². The van der Waals surface area contributed by atoms with E-state index in [1.807, 2.05) is 0 Å². The van der Waals surface area contributed by atoms with Gasteiger partial charge in [0.15, 0.2) is 0 Å². The highest BCUT2D eigenvalue weighted by molar-refractivity contribution is 6.00. The second-order valence-corrected chi connectivity index (χ2v) is 7.33. The molecule has 2 nitrogen and oxygen atoms in total. The number of hydrogen-bond acceptors (Lipinski definition) is 2. The predicted octanol–water partition coefficient (Wildman–Crippen LogP) is 5.34. The monoisotopic (exact) mass is 348 g/mol. The third-order valence-corrected chi connectivity index (χ3v) is 5.36. The molecule has 0 aromatic heterocycles. The van der Waals surface area contributed by atoms with Crippen LogP contribution in [0.15, 0.2) is 48.5 Å². The van der Waals surface area contributed by atoms with E-state index in [1.165, 1.54) is 58.4 Å². The molecule has 2 heteroatoms. The molecule has 0 atom stereocenters. The normalized spacial score (nSPS) is 11.5. The Morgan fingerprint density at radius 1 is 0.538 bits per heavy atom. The first-order chi connectivity index (χ1) is 12.8. The van der Waals surface area contributed by atoms with Crippen LogP contribution in [0, 0.1) is 0 Å². The van der Waals surface area contributed by atoms with Crippen molar-refractivity contribution in [3.05, 3.63) is 59.7 Å². The summed E-state index contributed by atoms with van der Waals surface area (Å²) in [5.74, 6) is 0. The Morgan fingerprint density at radius 2 is 1.04 bits per heavy atom. The number of unbranched alkanes of at least 4 members (excludes halogenated alkanes) is 4. The van der Waals surface area contributed by atoms with Crippen molar-refractivity contribution in [3.8, 4) is 0 Å². The summed E-state index contributed by atoms with van der Waals surface area (Å²) in [6.07, 6.45) is 9.40. The summed E-state index contributed by atoms with van der Waals surface area (Å²) < 4.78 is 0. The van der Waals surface area contributed by atoms with Crippen molar-refractivity contribution < 1.29 is 0 Å². The van der Waals surface area contributed by atoms with Crippen molar-refractivity contribution >= 4 is 21.5 Å². The van der Waals surface area contributed by atoms with Gasteiger partial charge in [0.1, 0.15) is 0 Å². The standard InChI is InChI=1S/C24H32N2/c25-15-5-1-3-9-19-11-7-13-21-17-22-14-8-12-20(10-4-2-6-16-26)24(22)18-23(19)21/h7-8,11-14,17-18H,1-6,9-10,15-16,25-26H2. The summed E-state index contributed by atoms with van der Waals surface area (Å²) in [5.41, 5.74) is 14.2. The lowest BCUT2D eigenvalue weighted by Gasteiger charge is -2.11.